The highest BCUT2D eigenvalue weighted by Gasteiger charge is 2.19. The van der Waals surface area contributed by atoms with Crippen LogP contribution in [0.3, 0.4) is 0 Å². The van der Waals surface area contributed by atoms with Crippen LogP contribution in [-0.4, -0.2) is 42.9 Å². The summed E-state index contributed by atoms with van der Waals surface area (Å²) in [5.74, 6) is -2.71. The van der Waals surface area contributed by atoms with Crippen LogP contribution in [0.1, 0.15) is 0 Å². The van der Waals surface area contributed by atoms with Crippen molar-refractivity contribution in [2.75, 3.05) is 0 Å². The number of phenols is 4. The van der Waals surface area contributed by atoms with Crippen LogP contribution in [0, 0.1) is 0 Å². The van der Waals surface area contributed by atoms with Crippen molar-refractivity contribution in [3.63, 3.8) is 0 Å². The van der Waals surface area contributed by atoms with Crippen LogP contribution in [-0.2, 0) is 0 Å². The summed E-state index contributed by atoms with van der Waals surface area (Å²) in [6.45, 7) is 0. The van der Waals surface area contributed by atoms with Crippen LogP contribution < -0.4 is 5.43 Å². The molecule has 0 aliphatic carbocycles. The van der Waals surface area contributed by atoms with Gasteiger partial charge in [-0.15, -0.1) is 0 Å². The van der Waals surface area contributed by atoms with Crippen molar-refractivity contribution in [3.8, 4) is 40.1 Å². The van der Waals surface area contributed by atoms with Crippen molar-refractivity contribution in [2.45, 2.75) is 0 Å². The van der Waals surface area contributed by atoms with Crippen LogP contribution in [0.15, 0.2) is 39.5 Å². The van der Waals surface area contributed by atoms with Gasteiger partial charge < -0.3 is 29.9 Å². The third-order valence-corrected chi connectivity index (χ3v) is 3.17. The molecule has 0 saturated carbocycles. The van der Waals surface area contributed by atoms with Crippen LogP contribution in [0.5, 0.6) is 28.7 Å². The number of benzene rings is 2. The summed E-state index contributed by atoms with van der Waals surface area (Å²) in [6.07, 6.45) is 0. The third kappa shape index (κ3) is 2.66. The maximum absolute atomic E-state index is 12.1. The molecule has 0 spiro atoms. The Morgan fingerprint density at radius 2 is 1.52 bits per heavy atom. The first-order valence-electron chi connectivity index (χ1n) is 6.12. The maximum atomic E-state index is 12.1. The fourth-order valence-corrected chi connectivity index (χ4v) is 2.14. The fraction of sp³-hybridized carbons (Fsp3) is 0. The van der Waals surface area contributed by atoms with Crippen LogP contribution in [0.25, 0.3) is 22.3 Å². The summed E-state index contributed by atoms with van der Waals surface area (Å²) in [4.78, 5) is 12.1. The monoisotopic (exact) mass is 329 g/mol. The Kier molecular flexibility index (Phi) is 4.14. The molecule has 0 bridgehead atoms. The lowest BCUT2D eigenvalue weighted by atomic mass is 10.1. The Bertz CT molecular complexity index is 962. The number of hydrogen-bond donors (Lipinski definition) is 5. The first-order chi connectivity index (χ1) is 10.4. The predicted octanol–water partition coefficient (Wildman–Crippen LogP) is 1.61. The van der Waals surface area contributed by atoms with Crippen molar-refractivity contribution >= 4 is 28.3 Å². The van der Waals surface area contributed by atoms with E-state index in [4.69, 9.17) is 4.42 Å². The highest BCUT2D eigenvalue weighted by Crippen LogP contribution is 2.37. The van der Waals surface area contributed by atoms with Gasteiger partial charge in [-0.25, -0.2) is 0 Å². The number of hydrogen-bond acceptors (Lipinski definition) is 7. The molecule has 2 aromatic carbocycles. The van der Waals surface area contributed by atoms with Gasteiger partial charge in [0.2, 0.25) is 11.2 Å². The number of rotatable bonds is 1. The summed E-state index contributed by atoms with van der Waals surface area (Å²) in [6, 6.07) is 5.64. The molecule has 3 aromatic rings. The smallest absolute Gasteiger partial charge is 0.238 e. The maximum Gasteiger partial charge on any atom is 0.238 e. The lowest BCUT2D eigenvalue weighted by Crippen LogP contribution is -2.02. The van der Waals surface area contributed by atoms with Gasteiger partial charge in [-0.05, 0) is 18.2 Å². The molecule has 0 aliphatic heterocycles. The van der Waals surface area contributed by atoms with Crippen molar-refractivity contribution in [2.24, 2.45) is 0 Å². The molecule has 3 rings (SSSR count). The van der Waals surface area contributed by atoms with Gasteiger partial charge in [0, 0.05) is 35.1 Å². The van der Waals surface area contributed by atoms with E-state index in [-0.39, 0.29) is 51.2 Å². The molecule has 0 fully saturated rings. The molecule has 1 aromatic heterocycles. The van der Waals surface area contributed by atoms with Gasteiger partial charge in [0.25, 0.3) is 0 Å². The zero-order valence-electron chi connectivity index (χ0n) is 11.5. The molecular formula is C15H10AlO7. The van der Waals surface area contributed by atoms with Crippen LogP contribution in [0.2, 0.25) is 0 Å². The molecule has 0 atom stereocenters. The average molecular weight is 329 g/mol. The lowest BCUT2D eigenvalue weighted by Gasteiger charge is -2.08. The van der Waals surface area contributed by atoms with E-state index in [1.54, 1.807) is 0 Å². The minimum Gasteiger partial charge on any atom is -0.508 e. The third-order valence-electron chi connectivity index (χ3n) is 3.17. The minimum atomic E-state index is -0.888. The summed E-state index contributed by atoms with van der Waals surface area (Å²) in [5, 5.41) is 47.6. The summed E-state index contributed by atoms with van der Waals surface area (Å²) >= 11 is 0. The van der Waals surface area contributed by atoms with E-state index >= 15 is 0 Å². The van der Waals surface area contributed by atoms with Gasteiger partial charge in [0.05, 0.1) is 0 Å². The summed E-state index contributed by atoms with van der Waals surface area (Å²) < 4.78 is 5.35. The molecule has 5 N–H and O–H groups in total. The van der Waals surface area contributed by atoms with Crippen molar-refractivity contribution in [1.82, 2.24) is 0 Å². The second kappa shape index (κ2) is 5.76. The number of phenolic OH excluding ortho intramolecular Hbond substituents is 4. The van der Waals surface area contributed by atoms with E-state index in [1.807, 2.05) is 0 Å². The van der Waals surface area contributed by atoms with Crippen LogP contribution in [0.4, 0.5) is 0 Å². The Labute approximate surface area is 139 Å². The van der Waals surface area contributed by atoms with Crippen molar-refractivity contribution in [3.05, 3.63) is 40.6 Å². The van der Waals surface area contributed by atoms with Gasteiger partial charge in [0.1, 0.15) is 22.5 Å². The van der Waals surface area contributed by atoms with Crippen LogP contribution >= 0.6 is 0 Å². The molecule has 3 radical (unpaired) electrons. The Hall–Kier alpha value is -2.82. The van der Waals surface area contributed by atoms with Crippen molar-refractivity contribution in [1.29, 1.82) is 0 Å². The molecule has 0 saturated heterocycles. The molecule has 1 heterocycles. The van der Waals surface area contributed by atoms with Gasteiger partial charge in [0.15, 0.2) is 17.3 Å². The van der Waals surface area contributed by atoms with Gasteiger partial charge in [-0.3, -0.25) is 4.79 Å². The molecule has 8 heteroatoms. The Morgan fingerprint density at radius 1 is 0.826 bits per heavy atom. The van der Waals surface area contributed by atoms with Crippen molar-refractivity contribution < 1.29 is 29.9 Å². The summed E-state index contributed by atoms with van der Waals surface area (Å²) in [5.41, 5.74) is -0.890. The minimum absolute atomic E-state index is 0. The molecule has 0 aliphatic rings. The second-order valence-electron chi connectivity index (χ2n) is 4.65. The molecule has 0 amide bonds. The van der Waals surface area contributed by atoms with Gasteiger partial charge in [-0.2, -0.15) is 0 Å². The van der Waals surface area contributed by atoms with E-state index in [1.165, 1.54) is 6.07 Å². The standard InChI is InChI=1S/C15H10O7.Al/c16-7-4-10(19)12-11(5-7)22-15(14(21)13(12)20)6-1-2-8(17)9(18)3-6;/h1-5,16-19,21H;. The first-order valence-corrected chi connectivity index (χ1v) is 6.12. The van der Waals surface area contributed by atoms with E-state index in [0.29, 0.717) is 0 Å². The van der Waals surface area contributed by atoms with E-state index in [0.717, 1.165) is 24.3 Å². The fourth-order valence-electron chi connectivity index (χ4n) is 2.14. The summed E-state index contributed by atoms with van der Waals surface area (Å²) in [7, 11) is 0. The normalized spacial score (nSPS) is 10.4. The highest BCUT2D eigenvalue weighted by atomic mass is 27.0. The molecule has 7 nitrogen and oxygen atoms in total. The first kappa shape index (κ1) is 16.6. The topological polar surface area (TPSA) is 131 Å². The van der Waals surface area contributed by atoms with E-state index in [2.05, 4.69) is 0 Å². The van der Waals surface area contributed by atoms with E-state index < -0.39 is 22.7 Å². The predicted molar refractivity (Wildman–Crippen MR) is 82.0 cm³/mol. The molecular weight excluding hydrogens is 319 g/mol. The average Bonchev–Trinajstić information content (AvgIpc) is 2.45. The zero-order valence-corrected chi connectivity index (χ0v) is 12.7. The quantitative estimate of drug-likeness (QED) is 0.338. The Balaban J connectivity index is 0.00000192. The van der Waals surface area contributed by atoms with Gasteiger partial charge >= 0.3 is 0 Å². The number of fused-ring (bicyclic) bond motifs is 1. The molecule has 23 heavy (non-hydrogen) atoms. The van der Waals surface area contributed by atoms with Gasteiger partial charge in [-0.1, -0.05) is 0 Å². The zero-order chi connectivity index (χ0) is 16.0. The lowest BCUT2D eigenvalue weighted by molar-refractivity contribution is 0.403. The molecule has 0 unspecified atom stereocenters. The second-order valence-corrected chi connectivity index (χ2v) is 4.65. The Morgan fingerprint density at radius 3 is 2.17 bits per heavy atom. The largest absolute Gasteiger partial charge is 0.508 e. The van der Waals surface area contributed by atoms with E-state index in [9.17, 15) is 30.3 Å². The molecule has 115 valence electrons. The highest BCUT2D eigenvalue weighted by molar-refractivity contribution is 5.88. The number of aromatic hydroxyl groups is 5. The SMILES string of the molecule is O=c1c(O)c(-c2ccc(O)c(O)c2)oc2cc(O)cc(O)c12.[Al].